The van der Waals surface area contributed by atoms with Crippen LogP contribution in [0, 0.1) is 0 Å². The molecule has 1 aliphatic rings. The molecule has 6 heteroatoms. The highest BCUT2D eigenvalue weighted by Gasteiger charge is 2.28. The molecule has 0 aliphatic carbocycles. The fraction of sp³-hybridized carbons (Fsp3) is 0.381. The predicted octanol–water partition coefficient (Wildman–Crippen LogP) is 3.86. The van der Waals surface area contributed by atoms with Crippen LogP contribution in [0.15, 0.2) is 53.4 Å². The van der Waals surface area contributed by atoms with Gasteiger partial charge in [-0.15, -0.1) is 0 Å². The number of methoxy groups -OCH3 is 1. The van der Waals surface area contributed by atoms with Gasteiger partial charge < -0.3 is 9.64 Å². The third-order valence-corrected chi connectivity index (χ3v) is 6.13. The molecule has 0 bridgehead atoms. The molecular weight excluding hydrogens is 362 g/mol. The third kappa shape index (κ3) is 4.50. The second kappa shape index (κ2) is 8.13. The van der Waals surface area contributed by atoms with Crippen molar-refractivity contribution in [2.45, 2.75) is 36.6 Å². The van der Waals surface area contributed by atoms with Gasteiger partial charge in [0.25, 0.3) is 5.91 Å². The number of hydrogen-bond acceptors (Lipinski definition) is 4. The largest absolute Gasteiger partial charge is 0.497 e. The smallest absolute Gasteiger partial charge is 0.254 e. The average molecular weight is 388 g/mol. The van der Waals surface area contributed by atoms with E-state index in [1.54, 1.807) is 19.2 Å². The molecule has 1 heterocycles. The van der Waals surface area contributed by atoms with Crippen molar-refractivity contribution in [3.8, 4) is 5.75 Å². The number of likely N-dealkylation sites (tertiary alicyclic amines) is 1. The normalized spacial score (nSPS) is 18.0. The van der Waals surface area contributed by atoms with Crippen molar-refractivity contribution < 1.29 is 17.9 Å². The standard InChI is InChI=1S/C21H25NO4S/c1-26-18-12-10-16(11-13-18)20-9-4-3-5-14-22(20)21(23)17-7-6-8-19(15-17)27(2,24)25/h6-8,10-13,15,20H,3-5,9,14H2,1-2H3/t20-/m1/s1. The van der Waals surface area contributed by atoms with Gasteiger partial charge >= 0.3 is 0 Å². The molecule has 0 saturated carbocycles. The van der Waals surface area contributed by atoms with Crippen LogP contribution in [0.25, 0.3) is 0 Å². The number of hydrogen-bond donors (Lipinski definition) is 0. The minimum Gasteiger partial charge on any atom is -0.497 e. The highest BCUT2D eigenvalue weighted by Crippen LogP contribution is 2.32. The van der Waals surface area contributed by atoms with Gasteiger partial charge in [0, 0.05) is 18.4 Å². The minimum absolute atomic E-state index is 0.0206. The molecule has 0 spiro atoms. The van der Waals surface area contributed by atoms with Gasteiger partial charge in [-0.25, -0.2) is 8.42 Å². The molecular formula is C21H25NO4S. The molecule has 1 atom stereocenters. The number of carbonyl (C=O) groups is 1. The Balaban J connectivity index is 1.94. The van der Waals surface area contributed by atoms with Crippen molar-refractivity contribution in [3.63, 3.8) is 0 Å². The maximum atomic E-state index is 13.2. The quantitative estimate of drug-likeness (QED) is 0.799. The van der Waals surface area contributed by atoms with Gasteiger partial charge in [-0.2, -0.15) is 0 Å². The van der Waals surface area contributed by atoms with E-state index in [1.165, 1.54) is 12.1 Å². The van der Waals surface area contributed by atoms with Gasteiger partial charge in [0.1, 0.15) is 5.75 Å². The van der Waals surface area contributed by atoms with E-state index >= 15 is 0 Å². The summed E-state index contributed by atoms with van der Waals surface area (Å²) in [5.41, 5.74) is 1.49. The summed E-state index contributed by atoms with van der Waals surface area (Å²) >= 11 is 0. The van der Waals surface area contributed by atoms with E-state index in [-0.39, 0.29) is 16.8 Å². The van der Waals surface area contributed by atoms with E-state index in [2.05, 4.69) is 0 Å². The van der Waals surface area contributed by atoms with Crippen LogP contribution in [-0.2, 0) is 9.84 Å². The van der Waals surface area contributed by atoms with E-state index in [0.29, 0.717) is 12.1 Å². The van der Waals surface area contributed by atoms with E-state index in [4.69, 9.17) is 4.74 Å². The van der Waals surface area contributed by atoms with Crippen LogP contribution < -0.4 is 4.74 Å². The van der Waals surface area contributed by atoms with Crippen LogP contribution in [-0.4, -0.2) is 39.1 Å². The van der Waals surface area contributed by atoms with Gasteiger partial charge in [-0.05, 0) is 48.7 Å². The molecule has 27 heavy (non-hydrogen) atoms. The molecule has 0 aromatic heterocycles. The average Bonchev–Trinajstić information content (AvgIpc) is 2.93. The van der Waals surface area contributed by atoms with E-state index in [1.807, 2.05) is 29.2 Å². The Morgan fingerprint density at radius 1 is 1.07 bits per heavy atom. The maximum absolute atomic E-state index is 13.2. The topological polar surface area (TPSA) is 63.7 Å². The minimum atomic E-state index is -3.35. The molecule has 144 valence electrons. The fourth-order valence-corrected chi connectivity index (χ4v) is 4.22. The first-order valence-electron chi connectivity index (χ1n) is 9.15. The summed E-state index contributed by atoms with van der Waals surface area (Å²) in [4.78, 5) is 15.3. The lowest BCUT2D eigenvalue weighted by molar-refractivity contribution is 0.0680. The number of rotatable bonds is 4. The predicted molar refractivity (Wildman–Crippen MR) is 105 cm³/mol. The third-order valence-electron chi connectivity index (χ3n) is 5.02. The lowest BCUT2D eigenvalue weighted by Gasteiger charge is -2.31. The summed E-state index contributed by atoms with van der Waals surface area (Å²) in [6.07, 6.45) is 5.14. The summed E-state index contributed by atoms with van der Waals surface area (Å²) in [5.74, 6) is 0.661. The van der Waals surface area contributed by atoms with Gasteiger partial charge in [-0.3, -0.25) is 4.79 Å². The Hall–Kier alpha value is -2.34. The summed E-state index contributed by atoms with van der Waals surface area (Å²) in [7, 11) is -1.72. The first kappa shape index (κ1) is 19.4. The second-order valence-electron chi connectivity index (χ2n) is 6.94. The van der Waals surface area contributed by atoms with Crippen LogP contribution in [0.2, 0.25) is 0 Å². The van der Waals surface area contributed by atoms with Crippen molar-refractivity contribution in [2.75, 3.05) is 19.9 Å². The summed E-state index contributed by atoms with van der Waals surface area (Å²) in [6.45, 7) is 0.665. The number of amides is 1. The van der Waals surface area contributed by atoms with E-state index < -0.39 is 9.84 Å². The molecule has 1 saturated heterocycles. The van der Waals surface area contributed by atoms with E-state index in [0.717, 1.165) is 43.3 Å². The lowest BCUT2D eigenvalue weighted by atomic mass is 10.00. The van der Waals surface area contributed by atoms with Crippen molar-refractivity contribution >= 4 is 15.7 Å². The molecule has 1 fully saturated rings. The Bertz CT molecular complexity index is 906. The van der Waals surface area contributed by atoms with Gasteiger partial charge in [0.2, 0.25) is 0 Å². The van der Waals surface area contributed by atoms with Gasteiger partial charge in [-0.1, -0.05) is 31.0 Å². The fourth-order valence-electron chi connectivity index (χ4n) is 3.55. The molecule has 2 aromatic carbocycles. The van der Waals surface area contributed by atoms with Crippen LogP contribution in [0.3, 0.4) is 0 Å². The first-order chi connectivity index (χ1) is 12.9. The van der Waals surface area contributed by atoms with Gasteiger partial charge in [0.15, 0.2) is 9.84 Å². The number of benzene rings is 2. The molecule has 1 amide bonds. The van der Waals surface area contributed by atoms with Crippen molar-refractivity contribution in [3.05, 3.63) is 59.7 Å². The molecule has 0 radical (unpaired) electrons. The number of carbonyl (C=O) groups excluding carboxylic acids is 1. The Morgan fingerprint density at radius 3 is 2.48 bits per heavy atom. The summed E-state index contributed by atoms with van der Waals surface area (Å²) in [6, 6.07) is 14.1. The van der Waals surface area contributed by atoms with Crippen molar-refractivity contribution in [2.24, 2.45) is 0 Å². The molecule has 0 unspecified atom stereocenters. The number of sulfone groups is 1. The zero-order valence-electron chi connectivity index (χ0n) is 15.7. The monoisotopic (exact) mass is 387 g/mol. The summed E-state index contributed by atoms with van der Waals surface area (Å²) in [5, 5.41) is 0. The lowest BCUT2D eigenvalue weighted by Crippen LogP contribution is -2.34. The van der Waals surface area contributed by atoms with Crippen LogP contribution in [0.4, 0.5) is 0 Å². The number of ether oxygens (including phenoxy) is 1. The zero-order valence-corrected chi connectivity index (χ0v) is 16.5. The molecule has 2 aromatic rings. The molecule has 3 rings (SSSR count). The second-order valence-corrected chi connectivity index (χ2v) is 8.95. The Morgan fingerprint density at radius 2 is 1.81 bits per heavy atom. The first-order valence-corrected chi connectivity index (χ1v) is 11.0. The van der Waals surface area contributed by atoms with Crippen LogP contribution in [0.5, 0.6) is 5.75 Å². The van der Waals surface area contributed by atoms with Crippen molar-refractivity contribution in [1.29, 1.82) is 0 Å². The molecule has 1 aliphatic heterocycles. The zero-order chi connectivity index (χ0) is 19.4. The van der Waals surface area contributed by atoms with Gasteiger partial charge in [0.05, 0.1) is 18.0 Å². The highest BCUT2D eigenvalue weighted by atomic mass is 32.2. The summed E-state index contributed by atoms with van der Waals surface area (Å²) < 4.78 is 28.9. The molecule has 0 N–H and O–H groups in total. The number of nitrogens with zero attached hydrogens (tertiary/aromatic N) is 1. The Labute approximate surface area is 160 Å². The van der Waals surface area contributed by atoms with Crippen LogP contribution in [0.1, 0.15) is 47.6 Å². The highest BCUT2D eigenvalue weighted by molar-refractivity contribution is 7.90. The SMILES string of the molecule is COc1ccc([C@H]2CCCCCN2C(=O)c2cccc(S(C)(=O)=O)c2)cc1. The van der Waals surface area contributed by atoms with E-state index in [9.17, 15) is 13.2 Å². The Kier molecular flexibility index (Phi) is 5.85. The van der Waals surface area contributed by atoms with Crippen LogP contribution >= 0.6 is 0 Å². The van der Waals surface area contributed by atoms with Crippen molar-refractivity contribution in [1.82, 2.24) is 4.90 Å². The maximum Gasteiger partial charge on any atom is 0.254 e. The molecule has 5 nitrogen and oxygen atoms in total.